The summed E-state index contributed by atoms with van der Waals surface area (Å²) in [5.41, 5.74) is 6.27. The summed E-state index contributed by atoms with van der Waals surface area (Å²) in [4.78, 5) is 15.6. The summed E-state index contributed by atoms with van der Waals surface area (Å²) in [5.74, 6) is 0.572. The molecule has 2 N–H and O–H groups in total. The summed E-state index contributed by atoms with van der Waals surface area (Å²) in [6, 6.07) is 25.1. The lowest BCUT2D eigenvalue weighted by molar-refractivity contribution is -0.118. The van der Waals surface area contributed by atoms with Crippen molar-refractivity contribution < 1.29 is 4.79 Å². The third-order valence-corrected chi connectivity index (χ3v) is 6.28. The zero-order chi connectivity index (χ0) is 23.3. The Morgan fingerprint density at radius 2 is 1.79 bits per heavy atom. The van der Waals surface area contributed by atoms with Crippen molar-refractivity contribution in [3.63, 3.8) is 0 Å². The first-order chi connectivity index (χ1) is 16.7. The number of hydrazone groups is 1. The van der Waals surface area contributed by atoms with E-state index in [1.807, 2.05) is 89.6 Å². The van der Waals surface area contributed by atoms with Gasteiger partial charge < -0.3 is 4.98 Å². The molecule has 0 spiro atoms. The minimum Gasteiger partial charge on any atom is -0.361 e. The van der Waals surface area contributed by atoms with E-state index < -0.39 is 0 Å². The molecule has 0 aliphatic heterocycles. The van der Waals surface area contributed by atoms with E-state index in [9.17, 15) is 4.79 Å². The number of carbonyl (C=O) groups excluding carboxylic acids is 1. The Balaban J connectivity index is 1.31. The number of hydrogen-bond acceptors (Lipinski definition) is 5. The van der Waals surface area contributed by atoms with Gasteiger partial charge in [0.15, 0.2) is 11.0 Å². The van der Waals surface area contributed by atoms with Gasteiger partial charge in [0.2, 0.25) is 0 Å². The smallest absolute Gasteiger partial charge is 0.250 e. The lowest BCUT2D eigenvalue weighted by Crippen LogP contribution is -2.20. The second-order valence-electron chi connectivity index (χ2n) is 7.36. The Bertz CT molecular complexity index is 1460. The van der Waals surface area contributed by atoms with Gasteiger partial charge in [-0.1, -0.05) is 71.9 Å². The molecule has 0 radical (unpaired) electrons. The Labute approximate surface area is 204 Å². The largest absolute Gasteiger partial charge is 0.361 e. The number of thioether (sulfide) groups is 1. The Morgan fingerprint density at radius 3 is 2.62 bits per heavy atom. The van der Waals surface area contributed by atoms with Crippen LogP contribution in [0.15, 0.2) is 95.3 Å². The van der Waals surface area contributed by atoms with Crippen LogP contribution in [0.4, 0.5) is 0 Å². The predicted molar refractivity (Wildman–Crippen MR) is 137 cm³/mol. The quantitative estimate of drug-likeness (QED) is 0.185. The highest BCUT2D eigenvalue weighted by Gasteiger charge is 2.17. The predicted octanol–water partition coefficient (Wildman–Crippen LogP) is 5.31. The highest BCUT2D eigenvalue weighted by atomic mass is 35.5. The van der Waals surface area contributed by atoms with Gasteiger partial charge in [0.1, 0.15) is 0 Å². The van der Waals surface area contributed by atoms with Crippen molar-refractivity contribution in [2.75, 3.05) is 5.75 Å². The van der Waals surface area contributed by atoms with Crippen molar-refractivity contribution >= 4 is 46.4 Å². The Morgan fingerprint density at radius 1 is 1.03 bits per heavy atom. The molecule has 0 saturated carbocycles. The number of amides is 1. The van der Waals surface area contributed by atoms with Gasteiger partial charge in [-0.25, -0.2) is 5.43 Å². The second kappa shape index (κ2) is 9.94. The standard InChI is InChI=1S/C25H19ClN6OS/c26-19-10-12-20(13-11-19)32-24(17-6-2-1-3-7-17)30-31-25(32)34-16-23(33)29-28-15-18-14-27-22-9-5-4-8-21(18)22/h1-15,27H,16H2,(H,29,33). The van der Waals surface area contributed by atoms with Crippen LogP contribution in [-0.2, 0) is 4.79 Å². The number of rotatable bonds is 7. The van der Waals surface area contributed by atoms with Crippen molar-refractivity contribution in [3.8, 4) is 17.1 Å². The van der Waals surface area contributed by atoms with E-state index in [1.165, 1.54) is 11.8 Å². The number of benzene rings is 3. The molecule has 2 aromatic heterocycles. The van der Waals surface area contributed by atoms with E-state index in [0.717, 1.165) is 27.7 Å². The Kier molecular flexibility index (Phi) is 6.42. The fourth-order valence-electron chi connectivity index (χ4n) is 3.50. The van der Waals surface area contributed by atoms with Crippen LogP contribution in [-0.4, -0.2) is 37.6 Å². The number of halogens is 1. The van der Waals surface area contributed by atoms with Gasteiger partial charge in [-0.3, -0.25) is 9.36 Å². The summed E-state index contributed by atoms with van der Waals surface area (Å²) >= 11 is 7.36. The van der Waals surface area contributed by atoms with E-state index in [4.69, 9.17) is 11.6 Å². The van der Waals surface area contributed by atoms with E-state index >= 15 is 0 Å². The first kappa shape index (κ1) is 21.9. The number of hydrogen-bond donors (Lipinski definition) is 2. The van der Waals surface area contributed by atoms with Crippen LogP contribution in [0.25, 0.3) is 28.0 Å². The number of nitrogens with one attached hydrogen (secondary N) is 2. The molecule has 0 saturated heterocycles. The summed E-state index contributed by atoms with van der Waals surface area (Å²) in [6.07, 6.45) is 3.49. The monoisotopic (exact) mass is 486 g/mol. The number of nitrogens with zero attached hydrogens (tertiary/aromatic N) is 4. The van der Waals surface area contributed by atoms with Crippen molar-refractivity contribution in [1.29, 1.82) is 0 Å². The minimum atomic E-state index is -0.243. The van der Waals surface area contributed by atoms with Crippen LogP contribution in [0.2, 0.25) is 5.02 Å². The zero-order valence-corrected chi connectivity index (χ0v) is 19.4. The van der Waals surface area contributed by atoms with E-state index in [-0.39, 0.29) is 11.7 Å². The molecule has 168 valence electrons. The van der Waals surface area contributed by atoms with Crippen LogP contribution in [0.1, 0.15) is 5.56 Å². The zero-order valence-electron chi connectivity index (χ0n) is 17.9. The third kappa shape index (κ3) is 4.73. The molecular formula is C25H19ClN6OS. The fourth-order valence-corrected chi connectivity index (χ4v) is 4.37. The maximum atomic E-state index is 12.4. The number of aromatic nitrogens is 4. The number of carbonyl (C=O) groups is 1. The molecule has 34 heavy (non-hydrogen) atoms. The molecule has 5 rings (SSSR count). The normalized spacial score (nSPS) is 11.3. The van der Waals surface area contributed by atoms with Crippen molar-refractivity contribution in [3.05, 3.63) is 95.6 Å². The first-order valence-electron chi connectivity index (χ1n) is 10.5. The molecule has 0 bridgehead atoms. The molecule has 0 fully saturated rings. The molecule has 3 aromatic carbocycles. The maximum absolute atomic E-state index is 12.4. The van der Waals surface area contributed by atoms with E-state index in [2.05, 4.69) is 25.7 Å². The molecular weight excluding hydrogens is 468 g/mol. The number of aromatic amines is 1. The Hall–Kier alpha value is -3.88. The molecule has 2 heterocycles. The summed E-state index contributed by atoms with van der Waals surface area (Å²) < 4.78 is 1.92. The van der Waals surface area contributed by atoms with E-state index in [0.29, 0.717) is 16.0 Å². The van der Waals surface area contributed by atoms with Gasteiger partial charge in [0.25, 0.3) is 5.91 Å². The number of fused-ring (bicyclic) bond motifs is 1. The van der Waals surface area contributed by atoms with E-state index in [1.54, 1.807) is 6.21 Å². The fraction of sp³-hybridized carbons (Fsp3) is 0.0400. The molecule has 5 aromatic rings. The van der Waals surface area contributed by atoms with Gasteiger partial charge in [0, 0.05) is 38.9 Å². The average Bonchev–Trinajstić information content (AvgIpc) is 3.48. The lowest BCUT2D eigenvalue weighted by Gasteiger charge is -2.10. The van der Waals surface area contributed by atoms with Crippen LogP contribution in [0.5, 0.6) is 0 Å². The lowest BCUT2D eigenvalue weighted by atomic mass is 10.2. The van der Waals surface area contributed by atoms with Gasteiger partial charge in [-0.2, -0.15) is 5.10 Å². The average molecular weight is 487 g/mol. The number of H-pyrrole nitrogens is 1. The molecule has 1 amide bonds. The third-order valence-electron chi connectivity index (χ3n) is 5.10. The first-order valence-corrected chi connectivity index (χ1v) is 11.8. The molecule has 0 unspecified atom stereocenters. The van der Waals surface area contributed by atoms with Crippen molar-refractivity contribution in [1.82, 2.24) is 25.2 Å². The maximum Gasteiger partial charge on any atom is 0.250 e. The summed E-state index contributed by atoms with van der Waals surface area (Å²) in [6.45, 7) is 0. The van der Waals surface area contributed by atoms with Crippen LogP contribution in [0, 0.1) is 0 Å². The topological polar surface area (TPSA) is 88.0 Å². The van der Waals surface area contributed by atoms with Gasteiger partial charge in [-0.15, -0.1) is 10.2 Å². The molecule has 7 nitrogen and oxygen atoms in total. The van der Waals surface area contributed by atoms with Crippen LogP contribution >= 0.6 is 23.4 Å². The summed E-state index contributed by atoms with van der Waals surface area (Å²) in [7, 11) is 0. The second-order valence-corrected chi connectivity index (χ2v) is 8.73. The van der Waals surface area contributed by atoms with Gasteiger partial charge in [0.05, 0.1) is 12.0 Å². The van der Waals surface area contributed by atoms with Crippen molar-refractivity contribution in [2.24, 2.45) is 5.10 Å². The number of para-hydroxylation sites is 1. The molecule has 9 heteroatoms. The van der Waals surface area contributed by atoms with Gasteiger partial charge in [-0.05, 0) is 30.3 Å². The highest BCUT2D eigenvalue weighted by Crippen LogP contribution is 2.28. The minimum absolute atomic E-state index is 0.131. The SMILES string of the molecule is O=C(CSc1nnc(-c2ccccc2)n1-c1ccc(Cl)cc1)NN=Cc1c[nH]c2ccccc12. The highest BCUT2D eigenvalue weighted by molar-refractivity contribution is 7.99. The molecule has 0 aliphatic rings. The molecule has 0 aliphatic carbocycles. The van der Waals surface area contributed by atoms with Crippen molar-refractivity contribution in [2.45, 2.75) is 5.16 Å². The summed E-state index contributed by atoms with van der Waals surface area (Å²) in [5, 5.41) is 15.1. The van der Waals surface area contributed by atoms with Gasteiger partial charge >= 0.3 is 0 Å². The van der Waals surface area contributed by atoms with Crippen LogP contribution < -0.4 is 5.43 Å². The molecule has 0 atom stereocenters. The van der Waals surface area contributed by atoms with Crippen LogP contribution in [0.3, 0.4) is 0 Å².